The van der Waals surface area contributed by atoms with Gasteiger partial charge in [0.25, 0.3) is 0 Å². The standard InChI is InChI=1S/C13H13NO3/c15-9-11-8-13(12(16)17,6-7-14-11)10-4-2-1-3-5-10/h1-5,14H,6-8H2,(H,16,17). The Balaban J connectivity index is 2.47. The van der Waals surface area contributed by atoms with Crippen molar-refractivity contribution in [3.8, 4) is 0 Å². The van der Waals surface area contributed by atoms with Crippen LogP contribution in [0.4, 0.5) is 0 Å². The van der Waals surface area contributed by atoms with Gasteiger partial charge in [-0.2, -0.15) is 0 Å². The lowest BCUT2D eigenvalue weighted by Crippen LogP contribution is -2.44. The van der Waals surface area contributed by atoms with Crippen LogP contribution in [0.25, 0.3) is 0 Å². The molecule has 1 aromatic carbocycles. The fraction of sp³-hybridized carbons (Fsp3) is 0.308. The molecule has 1 fully saturated rings. The second kappa shape index (κ2) is 4.44. The second-order valence-electron chi connectivity index (χ2n) is 4.19. The van der Waals surface area contributed by atoms with Crippen molar-refractivity contribution in [3.63, 3.8) is 0 Å². The Bertz CT molecular complexity index is 477. The fourth-order valence-corrected chi connectivity index (χ4v) is 2.26. The molecule has 17 heavy (non-hydrogen) atoms. The molecule has 1 heterocycles. The molecule has 4 nitrogen and oxygen atoms in total. The molecule has 1 aliphatic heterocycles. The second-order valence-corrected chi connectivity index (χ2v) is 4.19. The maximum atomic E-state index is 11.6. The van der Waals surface area contributed by atoms with E-state index in [1.165, 1.54) is 0 Å². The van der Waals surface area contributed by atoms with Gasteiger partial charge in [-0.15, -0.1) is 0 Å². The van der Waals surface area contributed by atoms with Crippen LogP contribution in [0.15, 0.2) is 36.0 Å². The predicted molar refractivity (Wildman–Crippen MR) is 62.2 cm³/mol. The lowest BCUT2D eigenvalue weighted by molar-refractivity contribution is -0.144. The van der Waals surface area contributed by atoms with Crippen molar-refractivity contribution in [1.82, 2.24) is 5.32 Å². The van der Waals surface area contributed by atoms with Crippen LogP contribution in [0.5, 0.6) is 0 Å². The first-order valence-electron chi connectivity index (χ1n) is 5.46. The van der Waals surface area contributed by atoms with E-state index >= 15 is 0 Å². The third-order valence-electron chi connectivity index (χ3n) is 3.23. The van der Waals surface area contributed by atoms with E-state index in [0.29, 0.717) is 18.7 Å². The van der Waals surface area contributed by atoms with Crippen molar-refractivity contribution in [2.24, 2.45) is 0 Å². The highest BCUT2D eigenvalue weighted by Crippen LogP contribution is 2.36. The van der Waals surface area contributed by atoms with Crippen LogP contribution in [0.3, 0.4) is 0 Å². The summed E-state index contributed by atoms with van der Waals surface area (Å²) in [5, 5.41) is 12.4. The Morgan fingerprint density at radius 3 is 2.65 bits per heavy atom. The number of benzene rings is 1. The third-order valence-corrected chi connectivity index (χ3v) is 3.23. The average Bonchev–Trinajstić information content (AvgIpc) is 2.39. The summed E-state index contributed by atoms with van der Waals surface area (Å²) in [4.78, 5) is 22.3. The Hall–Kier alpha value is -2.06. The summed E-state index contributed by atoms with van der Waals surface area (Å²) in [5.41, 5.74) is 0.0726. The lowest BCUT2D eigenvalue weighted by Gasteiger charge is -2.34. The van der Waals surface area contributed by atoms with Gasteiger partial charge in [-0.1, -0.05) is 30.3 Å². The molecule has 2 rings (SSSR count). The maximum Gasteiger partial charge on any atom is 0.314 e. The Labute approximate surface area is 99.0 Å². The van der Waals surface area contributed by atoms with Crippen LogP contribution in [0, 0.1) is 0 Å². The van der Waals surface area contributed by atoms with Crippen molar-refractivity contribution in [1.29, 1.82) is 0 Å². The fourth-order valence-electron chi connectivity index (χ4n) is 2.26. The molecule has 0 amide bonds. The van der Waals surface area contributed by atoms with Gasteiger partial charge in [0, 0.05) is 13.0 Å². The van der Waals surface area contributed by atoms with Crippen molar-refractivity contribution in [2.45, 2.75) is 18.3 Å². The smallest absolute Gasteiger partial charge is 0.314 e. The van der Waals surface area contributed by atoms with E-state index in [1.807, 2.05) is 18.2 Å². The Morgan fingerprint density at radius 2 is 2.06 bits per heavy atom. The molecule has 88 valence electrons. The molecule has 2 N–H and O–H groups in total. The SMILES string of the molecule is O=C=C1CC(C(=O)O)(c2ccccc2)CCN1. The number of carbonyl (C=O) groups excluding carboxylic acids is 1. The number of carboxylic acid groups (broad SMARTS) is 1. The van der Waals surface area contributed by atoms with Gasteiger partial charge in [0.1, 0.15) is 11.4 Å². The van der Waals surface area contributed by atoms with E-state index in [-0.39, 0.29) is 6.42 Å². The van der Waals surface area contributed by atoms with Crippen LogP contribution in [0.1, 0.15) is 18.4 Å². The highest BCUT2D eigenvalue weighted by molar-refractivity contribution is 5.82. The van der Waals surface area contributed by atoms with E-state index in [1.54, 1.807) is 18.1 Å². The number of carbonyl (C=O) groups is 1. The lowest BCUT2D eigenvalue weighted by atomic mass is 9.72. The predicted octanol–water partition coefficient (Wildman–Crippen LogP) is 1.11. The van der Waals surface area contributed by atoms with Crippen molar-refractivity contribution < 1.29 is 14.7 Å². The molecule has 1 saturated heterocycles. The number of hydrogen-bond donors (Lipinski definition) is 2. The number of nitrogens with one attached hydrogen (secondary N) is 1. The largest absolute Gasteiger partial charge is 0.481 e. The molecule has 0 aliphatic carbocycles. The Kier molecular flexibility index (Phi) is 2.98. The average molecular weight is 231 g/mol. The summed E-state index contributed by atoms with van der Waals surface area (Å²) in [5.74, 6) is 0.885. The number of hydrogen-bond acceptors (Lipinski definition) is 3. The van der Waals surface area contributed by atoms with Crippen molar-refractivity contribution >= 4 is 11.9 Å². The van der Waals surface area contributed by atoms with E-state index in [0.717, 1.165) is 5.56 Å². The zero-order valence-corrected chi connectivity index (χ0v) is 9.27. The number of carboxylic acids is 1. The first kappa shape index (κ1) is 11.4. The summed E-state index contributed by atoms with van der Waals surface area (Å²) in [6.45, 7) is 0.478. The van der Waals surface area contributed by atoms with E-state index in [9.17, 15) is 14.7 Å². The van der Waals surface area contributed by atoms with Crippen LogP contribution < -0.4 is 5.32 Å². The van der Waals surface area contributed by atoms with E-state index in [2.05, 4.69) is 5.32 Å². The van der Waals surface area contributed by atoms with Crippen LogP contribution in [0.2, 0.25) is 0 Å². The van der Waals surface area contributed by atoms with Gasteiger partial charge >= 0.3 is 5.97 Å². The number of piperidine rings is 1. The first-order valence-corrected chi connectivity index (χ1v) is 5.46. The summed E-state index contributed by atoms with van der Waals surface area (Å²) in [6.07, 6.45) is 0.646. The normalized spacial score (nSPS) is 23.6. The van der Waals surface area contributed by atoms with Gasteiger partial charge in [-0.3, -0.25) is 4.79 Å². The molecule has 1 unspecified atom stereocenters. The van der Waals surface area contributed by atoms with Crippen molar-refractivity contribution in [2.75, 3.05) is 6.54 Å². The molecule has 1 atom stereocenters. The molecular formula is C13H13NO3. The van der Waals surface area contributed by atoms with Gasteiger partial charge in [0.15, 0.2) is 0 Å². The molecular weight excluding hydrogens is 218 g/mol. The minimum Gasteiger partial charge on any atom is -0.481 e. The molecule has 0 aromatic heterocycles. The Morgan fingerprint density at radius 1 is 1.35 bits per heavy atom. The number of aliphatic carboxylic acids is 1. The zero-order chi connectivity index (χ0) is 12.3. The number of rotatable bonds is 2. The summed E-state index contributed by atoms with van der Waals surface area (Å²) in [6, 6.07) is 9.05. The zero-order valence-electron chi connectivity index (χ0n) is 9.27. The van der Waals surface area contributed by atoms with Crippen LogP contribution >= 0.6 is 0 Å². The highest BCUT2D eigenvalue weighted by Gasteiger charge is 2.43. The monoisotopic (exact) mass is 231 g/mol. The van der Waals surface area contributed by atoms with Gasteiger partial charge in [0.05, 0.1) is 5.70 Å². The molecule has 0 radical (unpaired) electrons. The molecule has 1 aromatic rings. The molecule has 0 saturated carbocycles. The molecule has 0 spiro atoms. The molecule has 4 heteroatoms. The van der Waals surface area contributed by atoms with E-state index < -0.39 is 11.4 Å². The summed E-state index contributed by atoms with van der Waals surface area (Å²) >= 11 is 0. The minimum absolute atomic E-state index is 0.176. The van der Waals surface area contributed by atoms with E-state index in [4.69, 9.17) is 0 Å². The van der Waals surface area contributed by atoms with Gasteiger partial charge in [0.2, 0.25) is 0 Å². The first-order chi connectivity index (χ1) is 8.19. The highest BCUT2D eigenvalue weighted by atomic mass is 16.4. The van der Waals surface area contributed by atoms with Gasteiger partial charge in [-0.25, -0.2) is 4.79 Å². The van der Waals surface area contributed by atoms with Crippen LogP contribution in [-0.2, 0) is 15.0 Å². The number of allylic oxidation sites excluding steroid dienone is 1. The van der Waals surface area contributed by atoms with Crippen LogP contribution in [-0.4, -0.2) is 23.6 Å². The molecule has 0 bridgehead atoms. The minimum atomic E-state index is -1.00. The van der Waals surface area contributed by atoms with Gasteiger partial charge in [-0.05, 0) is 12.0 Å². The van der Waals surface area contributed by atoms with Gasteiger partial charge < -0.3 is 10.4 Å². The quantitative estimate of drug-likeness (QED) is 0.748. The summed E-state index contributed by atoms with van der Waals surface area (Å²) in [7, 11) is 0. The maximum absolute atomic E-state index is 11.6. The third kappa shape index (κ3) is 1.95. The van der Waals surface area contributed by atoms with Crippen molar-refractivity contribution in [3.05, 3.63) is 41.6 Å². The molecule has 1 aliphatic rings. The topological polar surface area (TPSA) is 66.4 Å². The summed E-state index contributed by atoms with van der Waals surface area (Å²) < 4.78 is 0.